The lowest BCUT2D eigenvalue weighted by atomic mass is 9.81. The highest BCUT2D eigenvalue weighted by molar-refractivity contribution is 6.06. The van der Waals surface area contributed by atoms with Gasteiger partial charge in [0, 0.05) is 32.6 Å². The molecule has 3 aliphatic heterocycles. The van der Waals surface area contributed by atoms with Crippen LogP contribution in [0.25, 0.3) is 0 Å². The minimum absolute atomic E-state index is 0. The lowest BCUT2D eigenvalue weighted by molar-refractivity contribution is -0.143. The number of carbonyl (C=O) groups excluding carboxylic acids is 3. The Kier molecular flexibility index (Phi) is 6.93. The number of nitrogens with zero attached hydrogens (tertiary/aromatic N) is 2. The average Bonchev–Trinajstić information content (AvgIpc) is 3.38. The van der Waals surface area contributed by atoms with Crippen molar-refractivity contribution < 1.29 is 19.1 Å². The van der Waals surface area contributed by atoms with Crippen molar-refractivity contribution in [1.82, 2.24) is 9.80 Å². The molecular formula is C21H28ClN3O4. The van der Waals surface area contributed by atoms with Gasteiger partial charge in [0.2, 0.25) is 17.7 Å². The van der Waals surface area contributed by atoms with E-state index in [2.05, 4.69) is 0 Å². The molecule has 4 atom stereocenters. The van der Waals surface area contributed by atoms with Crippen LogP contribution in [0.5, 0.6) is 0 Å². The maximum Gasteiger partial charge on any atom is 0.235 e. The summed E-state index contributed by atoms with van der Waals surface area (Å²) in [6.45, 7) is 1.57. The molecule has 3 saturated heterocycles. The van der Waals surface area contributed by atoms with Crippen molar-refractivity contribution in [3.63, 3.8) is 0 Å². The Balaban J connectivity index is 0.00000240. The van der Waals surface area contributed by atoms with Crippen molar-refractivity contribution in [2.75, 3.05) is 26.2 Å². The van der Waals surface area contributed by atoms with Crippen LogP contribution in [-0.2, 0) is 25.5 Å². The van der Waals surface area contributed by atoms with E-state index in [9.17, 15) is 14.4 Å². The Morgan fingerprint density at radius 1 is 1.07 bits per heavy atom. The summed E-state index contributed by atoms with van der Waals surface area (Å²) in [7, 11) is 0. The van der Waals surface area contributed by atoms with Gasteiger partial charge in [-0.3, -0.25) is 19.3 Å². The Morgan fingerprint density at radius 2 is 1.69 bits per heavy atom. The maximum atomic E-state index is 12.7. The first kappa shape index (κ1) is 21.7. The van der Waals surface area contributed by atoms with Gasteiger partial charge in [0.25, 0.3) is 0 Å². The van der Waals surface area contributed by atoms with Crippen molar-refractivity contribution in [1.29, 1.82) is 0 Å². The first-order valence-corrected chi connectivity index (χ1v) is 10.1. The minimum atomic E-state index is -0.334. The fourth-order valence-corrected chi connectivity index (χ4v) is 4.79. The minimum Gasteiger partial charge on any atom is -0.373 e. The molecule has 0 saturated carbocycles. The van der Waals surface area contributed by atoms with E-state index in [1.165, 1.54) is 4.90 Å². The van der Waals surface area contributed by atoms with Crippen LogP contribution in [0.15, 0.2) is 30.3 Å². The molecule has 0 aliphatic carbocycles. The largest absolute Gasteiger partial charge is 0.373 e. The number of amides is 3. The third-order valence-corrected chi connectivity index (χ3v) is 6.19. The van der Waals surface area contributed by atoms with Gasteiger partial charge in [-0.1, -0.05) is 30.3 Å². The Morgan fingerprint density at radius 3 is 2.28 bits per heavy atom. The predicted molar refractivity (Wildman–Crippen MR) is 109 cm³/mol. The third-order valence-electron chi connectivity index (χ3n) is 6.19. The second-order valence-electron chi connectivity index (χ2n) is 7.83. The monoisotopic (exact) mass is 421 g/mol. The molecule has 1 aromatic carbocycles. The number of rotatable bonds is 8. The summed E-state index contributed by atoms with van der Waals surface area (Å²) < 4.78 is 5.74. The molecule has 29 heavy (non-hydrogen) atoms. The van der Waals surface area contributed by atoms with Crippen molar-refractivity contribution in [3.05, 3.63) is 35.9 Å². The highest BCUT2D eigenvalue weighted by Gasteiger charge is 2.62. The Hall–Kier alpha value is -1.96. The van der Waals surface area contributed by atoms with Crippen LogP contribution in [0, 0.1) is 11.8 Å². The molecule has 2 N–H and O–H groups in total. The molecule has 4 unspecified atom stereocenters. The van der Waals surface area contributed by atoms with Gasteiger partial charge in [-0.25, -0.2) is 0 Å². The summed E-state index contributed by atoms with van der Waals surface area (Å²) in [6, 6.07) is 9.97. The van der Waals surface area contributed by atoms with Gasteiger partial charge in [0.15, 0.2) is 0 Å². The number of hydrogen-bond donors (Lipinski definition) is 1. The number of nitrogens with two attached hydrogens (primary N) is 1. The molecule has 4 rings (SSSR count). The molecule has 0 aromatic heterocycles. The topological polar surface area (TPSA) is 92.9 Å². The van der Waals surface area contributed by atoms with E-state index in [1.54, 1.807) is 4.90 Å². The third kappa shape index (κ3) is 4.17. The van der Waals surface area contributed by atoms with Crippen LogP contribution in [0.3, 0.4) is 0 Å². The summed E-state index contributed by atoms with van der Waals surface area (Å²) >= 11 is 0. The number of benzene rings is 1. The highest BCUT2D eigenvalue weighted by atomic mass is 35.5. The van der Waals surface area contributed by atoms with Crippen LogP contribution in [0.2, 0.25) is 0 Å². The lowest BCUT2D eigenvalue weighted by Crippen LogP contribution is -2.41. The zero-order valence-electron chi connectivity index (χ0n) is 16.4. The maximum absolute atomic E-state index is 12.7. The fraction of sp³-hybridized carbons (Fsp3) is 0.571. The number of fused-ring (bicyclic) bond motifs is 5. The number of likely N-dealkylation sites (tertiary alicyclic amines) is 1. The number of imide groups is 1. The van der Waals surface area contributed by atoms with Gasteiger partial charge in [-0.05, 0) is 24.8 Å². The molecule has 3 amide bonds. The standard InChI is InChI=1S/C21H27N3O4.ClH/c22-10-13-23(11-8-14-4-2-1-3-5-14)17(25)9-12-24-20(26)18-15-6-7-16(28-15)19(18)21(24)27;/h1-5,15-16,18-19H,6-13,22H2;1H. The van der Waals surface area contributed by atoms with Crippen molar-refractivity contribution in [3.8, 4) is 0 Å². The van der Waals surface area contributed by atoms with Crippen LogP contribution in [0.4, 0.5) is 0 Å². The zero-order chi connectivity index (χ0) is 19.7. The number of hydrogen-bond acceptors (Lipinski definition) is 5. The highest BCUT2D eigenvalue weighted by Crippen LogP contribution is 2.48. The zero-order valence-corrected chi connectivity index (χ0v) is 17.2. The van der Waals surface area contributed by atoms with Crippen molar-refractivity contribution in [2.45, 2.75) is 37.9 Å². The molecule has 2 bridgehead atoms. The summed E-state index contributed by atoms with van der Waals surface area (Å²) in [5.74, 6) is -1.06. The van der Waals surface area contributed by atoms with Gasteiger partial charge in [0.05, 0.1) is 24.0 Å². The SMILES string of the molecule is Cl.NCCN(CCc1ccccc1)C(=O)CCN1C(=O)C2C3CCC(O3)C2C1=O. The number of ether oxygens (including phenoxy) is 1. The smallest absolute Gasteiger partial charge is 0.235 e. The van der Waals surface area contributed by atoms with E-state index in [1.807, 2.05) is 30.3 Å². The van der Waals surface area contributed by atoms with E-state index in [0.29, 0.717) is 19.6 Å². The molecule has 3 heterocycles. The van der Waals surface area contributed by atoms with E-state index in [-0.39, 0.29) is 67.1 Å². The van der Waals surface area contributed by atoms with E-state index < -0.39 is 0 Å². The molecule has 3 fully saturated rings. The summed E-state index contributed by atoms with van der Waals surface area (Å²) in [6.07, 6.45) is 2.35. The van der Waals surface area contributed by atoms with Crippen LogP contribution in [-0.4, -0.2) is 65.9 Å². The first-order valence-electron chi connectivity index (χ1n) is 10.1. The molecule has 3 aliphatic rings. The second kappa shape index (κ2) is 9.24. The Bertz CT molecular complexity index is 732. The quantitative estimate of drug-likeness (QED) is 0.632. The average molecular weight is 422 g/mol. The molecule has 0 spiro atoms. The molecule has 8 heteroatoms. The second-order valence-corrected chi connectivity index (χ2v) is 7.83. The van der Waals surface area contributed by atoms with E-state index in [0.717, 1.165) is 24.8 Å². The van der Waals surface area contributed by atoms with Gasteiger partial charge >= 0.3 is 0 Å². The summed E-state index contributed by atoms with van der Waals surface area (Å²) in [5, 5.41) is 0. The van der Waals surface area contributed by atoms with Crippen LogP contribution < -0.4 is 5.73 Å². The fourth-order valence-electron chi connectivity index (χ4n) is 4.79. The number of carbonyl (C=O) groups is 3. The lowest BCUT2D eigenvalue weighted by Gasteiger charge is -2.24. The van der Waals surface area contributed by atoms with Crippen molar-refractivity contribution in [2.24, 2.45) is 17.6 Å². The summed E-state index contributed by atoms with van der Waals surface area (Å²) in [4.78, 5) is 41.1. The molecule has 158 valence electrons. The summed E-state index contributed by atoms with van der Waals surface area (Å²) in [5.41, 5.74) is 6.83. The van der Waals surface area contributed by atoms with E-state index in [4.69, 9.17) is 10.5 Å². The molecular weight excluding hydrogens is 394 g/mol. The van der Waals surface area contributed by atoms with Crippen LogP contribution >= 0.6 is 12.4 Å². The van der Waals surface area contributed by atoms with Gasteiger partial charge in [-0.15, -0.1) is 12.4 Å². The normalized spacial score (nSPS) is 27.1. The predicted octanol–water partition coefficient (Wildman–Crippen LogP) is 0.991. The van der Waals surface area contributed by atoms with Gasteiger partial charge in [0.1, 0.15) is 0 Å². The van der Waals surface area contributed by atoms with E-state index >= 15 is 0 Å². The first-order chi connectivity index (χ1) is 13.6. The molecule has 1 aromatic rings. The van der Waals surface area contributed by atoms with Gasteiger partial charge in [-0.2, -0.15) is 0 Å². The molecule has 0 radical (unpaired) electrons. The molecule has 7 nitrogen and oxygen atoms in total. The Labute approximate surface area is 176 Å². The van der Waals surface area contributed by atoms with Crippen LogP contribution in [0.1, 0.15) is 24.8 Å². The van der Waals surface area contributed by atoms with Gasteiger partial charge < -0.3 is 15.4 Å². The van der Waals surface area contributed by atoms with Crippen molar-refractivity contribution >= 4 is 30.1 Å². The number of halogens is 1.